The van der Waals surface area contributed by atoms with Gasteiger partial charge in [0.15, 0.2) is 0 Å². The van der Waals surface area contributed by atoms with Crippen molar-refractivity contribution in [3.05, 3.63) is 247 Å². The molecule has 3 saturated heterocycles. The summed E-state index contributed by atoms with van der Waals surface area (Å²) in [6.45, 7) is 16.5. The number of nitrogens with zero attached hydrogens (tertiary/aromatic N) is 2. The molecule has 0 radical (unpaired) electrons. The molecular formula is C79H75ClF14I4N4O11. The van der Waals surface area contributed by atoms with Gasteiger partial charge in [0.05, 0.1) is 61.1 Å². The monoisotopic (exact) mass is 2060 g/mol. The van der Waals surface area contributed by atoms with Crippen LogP contribution in [0.25, 0.3) is 22.3 Å². The highest BCUT2D eigenvalue weighted by Gasteiger charge is 2.43. The number of nitrogens with one attached hydrogen (secondary N) is 2. The highest BCUT2D eigenvalue weighted by atomic mass is 127. The molecule has 3 aliphatic heterocycles. The van der Waals surface area contributed by atoms with E-state index < -0.39 is 106 Å². The van der Waals surface area contributed by atoms with Crippen LogP contribution in [0.2, 0.25) is 0 Å². The van der Waals surface area contributed by atoms with Crippen molar-refractivity contribution in [2.24, 2.45) is 0 Å². The van der Waals surface area contributed by atoms with Gasteiger partial charge in [-0.25, -0.2) is 23.2 Å². The Bertz CT molecular complexity index is 4740. The minimum atomic E-state index is -4.70. The Kier molecular flexibility index (Phi) is 31.8. The number of aliphatic hydroxyl groups excluding tert-OH is 1. The number of hydrogen-bond donors (Lipinski definition) is 3. The predicted molar refractivity (Wildman–Crippen MR) is 430 cm³/mol. The van der Waals surface area contributed by atoms with Gasteiger partial charge < -0.3 is 39.4 Å². The second-order valence-electron chi connectivity index (χ2n) is 27.2. The van der Waals surface area contributed by atoms with Crippen LogP contribution in [-0.4, -0.2) is 71.6 Å². The molecule has 8 aromatic carbocycles. The van der Waals surface area contributed by atoms with Crippen molar-refractivity contribution in [2.45, 2.75) is 167 Å². The Morgan fingerprint density at radius 3 is 1.24 bits per heavy atom. The maximum absolute atomic E-state index is 14.7. The number of alkyl carbamates (subject to hydrolysis) is 2. The Hall–Kier alpha value is -7.24. The van der Waals surface area contributed by atoms with Crippen LogP contribution in [0.5, 0.6) is 11.5 Å². The lowest BCUT2D eigenvalue weighted by molar-refractivity contribution is -0.531. The van der Waals surface area contributed by atoms with Gasteiger partial charge in [0.2, 0.25) is 6.04 Å². The van der Waals surface area contributed by atoms with Gasteiger partial charge >= 0.3 is 43.0 Å². The highest BCUT2D eigenvalue weighted by molar-refractivity contribution is 14.1. The topological polar surface area (TPSA) is 188 Å². The molecule has 3 fully saturated rings. The van der Waals surface area contributed by atoms with E-state index in [4.69, 9.17) is 35.3 Å². The second-order valence-corrected chi connectivity index (χ2v) is 32.4. The first-order valence-corrected chi connectivity index (χ1v) is 39.0. The summed E-state index contributed by atoms with van der Waals surface area (Å²) in [6, 6.07) is 28.4. The molecule has 34 heteroatoms. The van der Waals surface area contributed by atoms with E-state index >= 15 is 0 Å². The lowest BCUT2D eigenvalue weighted by Gasteiger charge is -2.24. The summed E-state index contributed by atoms with van der Waals surface area (Å²) in [4.78, 5) is 46.3. The van der Waals surface area contributed by atoms with E-state index in [0.29, 0.717) is 55.6 Å². The summed E-state index contributed by atoms with van der Waals surface area (Å²) < 4.78 is 217. The van der Waals surface area contributed by atoms with Gasteiger partial charge in [0.25, 0.3) is 0 Å². The summed E-state index contributed by atoms with van der Waals surface area (Å²) >= 11 is 14.6. The summed E-state index contributed by atoms with van der Waals surface area (Å²) in [7, 11) is 2.69. The fourth-order valence-corrected chi connectivity index (χ4v) is 16.5. The fraction of sp³-hybridized carbons (Fsp3) is 0.354. The molecule has 8 atom stereocenters. The number of hydrogen-bond acceptors (Lipinski definition) is 11. The summed E-state index contributed by atoms with van der Waals surface area (Å²) in [5.41, 5.74) is 2.32. The first-order valence-electron chi connectivity index (χ1n) is 34.2. The van der Waals surface area contributed by atoms with E-state index in [1.165, 1.54) is 63.3 Å². The summed E-state index contributed by atoms with van der Waals surface area (Å²) in [5, 5.41) is 25.5. The van der Waals surface area contributed by atoms with Crippen LogP contribution in [0.1, 0.15) is 170 Å². The van der Waals surface area contributed by atoms with Gasteiger partial charge in [-0.05, 0) is 290 Å². The van der Waals surface area contributed by atoms with Crippen LogP contribution >= 0.6 is 102 Å². The van der Waals surface area contributed by atoms with Crippen molar-refractivity contribution in [2.75, 3.05) is 14.2 Å². The second kappa shape index (κ2) is 38.7. The zero-order valence-corrected chi connectivity index (χ0v) is 71.4. The molecule has 11 rings (SSSR count). The fourth-order valence-electron chi connectivity index (χ4n) is 12.3. The minimum Gasteiger partial charge on any atom is -0.496 e. The summed E-state index contributed by atoms with van der Waals surface area (Å²) in [6.07, 6.45) is -23.0. The average Bonchev–Trinajstić information content (AvgIpc) is 1.75. The summed E-state index contributed by atoms with van der Waals surface area (Å²) in [5.74, 6) is -1.04. The van der Waals surface area contributed by atoms with Crippen molar-refractivity contribution in [3.63, 3.8) is 0 Å². The van der Waals surface area contributed by atoms with Crippen molar-refractivity contribution in [1.29, 1.82) is 0 Å². The lowest BCUT2D eigenvalue weighted by Crippen LogP contribution is -2.31. The maximum Gasteiger partial charge on any atom is 0.416 e. The number of cyclic esters (lactones) is 3. The Labute approximate surface area is 701 Å². The molecule has 8 aromatic rings. The minimum absolute atomic E-state index is 0.0338. The molecule has 0 aromatic heterocycles. The van der Waals surface area contributed by atoms with E-state index in [2.05, 4.69) is 107 Å². The van der Waals surface area contributed by atoms with Crippen LogP contribution in [0, 0.1) is 49.9 Å². The average molecular weight is 2070 g/mol. The zero-order chi connectivity index (χ0) is 84.6. The molecule has 3 heterocycles. The molecule has 3 unspecified atom stereocenters. The van der Waals surface area contributed by atoms with E-state index in [-0.39, 0.29) is 76.7 Å². The van der Waals surface area contributed by atoms with Crippen molar-refractivity contribution < 1.29 is 110 Å². The number of rotatable bonds is 15. The van der Waals surface area contributed by atoms with Gasteiger partial charge in [-0.1, -0.05) is 63.1 Å². The molecule has 3 amide bonds. The number of aryl methyl sites for hydroxylation is 2. The van der Waals surface area contributed by atoms with Gasteiger partial charge in [-0.15, -0.1) is 11.6 Å². The molecule has 610 valence electrons. The van der Waals surface area contributed by atoms with E-state index in [9.17, 15) is 91.1 Å². The molecule has 3 N–H and O–H groups in total. The number of carbonyl (C=O) groups excluding carboxylic acids is 3. The molecule has 113 heavy (non-hydrogen) atoms. The quantitative estimate of drug-likeness (QED) is 0.0221. The van der Waals surface area contributed by atoms with Crippen LogP contribution < -0.4 is 20.1 Å². The number of carbonyl (C=O) groups is 3. The molecule has 0 spiro atoms. The van der Waals surface area contributed by atoms with Crippen molar-refractivity contribution >= 4 is 120 Å². The molecule has 0 aliphatic carbocycles. The van der Waals surface area contributed by atoms with Gasteiger partial charge in [0, 0.05) is 55.3 Å². The number of ether oxygens (including phenoxy) is 5. The largest absolute Gasteiger partial charge is 0.496 e. The Morgan fingerprint density at radius 2 is 0.885 bits per heavy atom. The third-order valence-corrected chi connectivity index (χ3v) is 20.8. The van der Waals surface area contributed by atoms with Gasteiger partial charge in [0.1, 0.15) is 47.5 Å². The number of aliphatic hydroxyl groups is 1. The third kappa shape index (κ3) is 24.4. The molecule has 0 bridgehead atoms. The number of halogens is 19. The maximum atomic E-state index is 14.7. The molecule has 15 nitrogen and oxygen atoms in total. The van der Waals surface area contributed by atoms with Gasteiger partial charge in [-0.2, -0.15) is 52.7 Å². The number of alkyl halides is 13. The van der Waals surface area contributed by atoms with Crippen LogP contribution in [-0.2, 0) is 51.3 Å². The SMILES string of the molecule is COc1cc(F)c(C(C)C)cc1-c1ccc(C(F)(F)F)cc1CCl.COc1cc(F)c(C(C)C)cc1-c1ccc(C(F)(F)F)cc1CN1C(=O)OC(c2cc(C)cc(C(F)(F)F)c2)[C@@H]1C.C[C@@H]([C@H](O)c1cc(I)cc(I)c1)[N+](=O)[O-].C[C@@H]1NC(=O)OC1c1cc(I)cc(I)c1.Cc1cc(C2OC(=O)N[C@H]2C)cc(C(F)(F)F)c1. The van der Waals surface area contributed by atoms with Crippen LogP contribution in [0.3, 0.4) is 0 Å². The third-order valence-electron chi connectivity index (χ3n) is 18.0. The highest BCUT2D eigenvalue weighted by Crippen LogP contribution is 2.45. The first kappa shape index (κ1) is 92.9. The van der Waals surface area contributed by atoms with Crippen LogP contribution in [0.15, 0.2) is 133 Å². The smallest absolute Gasteiger partial charge is 0.416 e. The van der Waals surface area contributed by atoms with Gasteiger partial charge in [-0.3, -0.25) is 15.0 Å². The number of amides is 3. The Balaban J connectivity index is 0.000000209. The Morgan fingerprint density at radius 1 is 0.513 bits per heavy atom. The molecule has 3 aliphatic rings. The van der Waals surface area contributed by atoms with E-state index in [1.807, 2.05) is 39.0 Å². The van der Waals surface area contributed by atoms with Crippen molar-refractivity contribution in [3.8, 4) is 33.8 Å². The number of nitro groups is 1. The zero-order valence-electron chi connectivity index (χ0n) is 62.0. The molecule has 0 saturated carbocycles. The van der Waals surface area contributed by atoms with E-state index in [1.54, 1.807) is 58.9 Å². The molecular weight excluding hydrogens is 1990 g/mol. The number of benzene rings is 8. The lowest BCUT2D eigenvalue weighted by atomic mass is 9.91. The normalized spacial score (nSPS) is 18.0. The first-order chi connectivity index (χ1) is 52.4. The van der Waals surface area contributed by atoms with E-state index in [0.717, 1.165) is 74.4 Å². The standard InChI is InChI=1S/C30H28F7NO3.C18H17ClF4O.C12H12F3NO2.C10H9I2NO2.C9H9I2NO3/c1-15(2)23-12-24(26(40-5)13-25(23)31)22-7-6-20(29(32,33)34)11-19(22)14-38-17(4)27(41-28(38)39)18-8-16(3)9-21(10-18)30(35,36)37;1-10(2)14-7-15(17(24-3)8-16(14)20)13-5-4-12(18(21,22)23)6-11(13)9-19;1-6-3-8(5-9(4-6)12(13,14)15)10-7(2)16-11(17)18-10;1-5-9(15-10(14)13-5)6-2-7(11)4-8(12)3-6;1-5(12(14)15)9(13)6-2-7(10)4-8(11)3-6/h6-13,15,17,27H,14H2,1-5H3;4-8,10H,9H2,1-3H3;3-5,7,10H,1-2H3,(H,16,17);2-5,9H,1H3,(H,13,14);2-5,9,13H,1H3/t17-,27?;;7-,10?;5-,9?;5-,9-/m0.000/s1. The van der Waals surface area contributed by atoms with Crippen molar-refractivity contribution in [1.82, 2.24) is 15.5 Å². The number of methoxy groups -OCH3 is 2. The predicted octanol–water partition coefficient (Wildman–Crippen LogP) is 24.3. The van der Waals surface area contributed by atoms with Crippen LogP contribution in [0.4, 0.5) is 75.8 Å².